The molecule has 0 saturated heterocycles. The Kier molecular flexibility index (Phi) is 10.6. The van der Waals surface area contributed by atoms with Crippen LogP contribution in [0.1, 0.15) is 77.0 Å². The van der Waals surface area contributed by atoms with Gasteiger partial charge in [0.1, 0.15) is 0 Å². The molecule has 0 aliphatic heterocycles. The summed E-state index contributed by atoms with van der Waals surface area (Å²) in [5.41, 5.74) is 0. The topological polar surface area (TPSA) is 29.5 Å². The van der Waals surface area contributed by atoms with Gasteiger partial charge >= 0.3 is 0 Å². The van der Waals surface area contributed by atoms with Gasteiger partial charge in [-0.15, -0.1) is 0 Å². The third-order valence-electron chi connectivity index (χ3n) is 4.03. The third-order valence-corrected chi connectivity index (χ3v) is 4.03. The summed E-state index contributed by atoms with van der Waals surface area (Å²) in [5.74, 6) is 0.872. The Labute approximate surface area is 113 Å². The summed E-state index contributed by atoms with van der Waals surface area (Å²) in [6.45, 7) is 2.35. The summed E-state index contributed by atoms with van der Waals surface area (Å²) in [6, 6.07) is 0. The van der Waals surface area contributed by atoms with Crippen molar-refractivity contribution in [1.29, 1.82) is 0 Å². The van der Waals surface area contributed by atoms with Gasteiger partial charge in [-0.3, -0.25) is 0 Å². The second-order valence-corrected chi connectivity index (χ2v) is 5.78. The van der Waals surface area contributed by atoms with Crippen LogP contribution in [0, 0.1) is 5.92 Å². The van der Waals surface area contributed by atoms with Crippen LogP contribution in [-0.2, 0) is 4.74 Å². The highest BCUT2D eigenvalue weighted by Gasteiger charge is 2.14. The first kappa shape index (κ1) is 16.0. The highest BCUT2D eigenvalue weighted by molar-refractivity contribution is 4.66. The lowest BCUT2D eigenvalue weighted by Crippen LogP contribution is -2.06. The van der Waals surface area contributed by atoms with Gasteiger partial charge < -0.3 is 9.84 Å². The zero-order valence-corrected chi connectivity index (χ0v) is 12.0. The molecule has 1 N–H and O–H groups in total. The van der Waals surface area contributed by atoms with Crippen LogP contribution in [0.15, 0.2) is 0 Å². The standard InChI is InChI=1S/C16H32O2/c17-13-9-5-3-1-2-4-6-10-14-18-15-16-11-7-8-12-16/h16-17H,1-15H2. The molecule has 18 heavy (non-hydrogen) atoms. The van der Waals surface area contributed by atoms with Gasteiger partial charge in [-0.1, -0.05) is 51.4 Å². The largest absolute Gasteiger partial charge is 0.396 e. The molecule has 1 rings (SSSR count). The molecule has 108 valence electrons. The summed E-state index contributed by atoms with van der Waals surface area (Å²) in [5, 5.41) is 8.65. The minimum atomic E-state index is 0.359. The molecular weight excluding hydrogens is 224 g/mol. The number of aliphatic hydroxyl groups excluding tert-OH is 1. The van der Waals surface area contributed by atoms with Gasteiger partial charge in [-0.05, 0) is 31.6 Å². The van der Waals surface area contributed by atoms with Crippen molar-refractivity contribution in [2.45, 2.75) is 77.0 Å². The van der Waals surface area contributed by atoms with E-state index in [1.165, 1.54) is 70.6 Å². The molecule has 1 aliphatic carbocycles. The number of ether oxygens (including phenoxy) is 1. The van der Waals surface area contributed by atoms with E-state index in [0.717, 1.165) is 25.6 Å². The highest BCUT2D eigenvalue weighted by atomic mass is 16.5. The van der Waals surface area contributed by atoms with E-state index in [1.54, 1.807) is 0 Å². The monoisotopic (exact) mass is 256 g/mol. The average Bonchev–Trinajstić information content (AvgIpc) is 2.89. The molecule has 1 aliphatic rings. The molecule has 0 bridgehead atoms. The van der Waals surface area contributed by atoms with Crippen LogP contribution in [0.4, 0.5) is 0 Å². The molecule has 2 nitrogen and oxygen atoms in total. The summed E-state index contributed by atoms with van der Waals surface area (Å²) in [4.78, 5) is 0. The van der Waals surface area contributed by atoms with Gasteiger partial charge in [0.05, 0.1) is 0 Å². The number of hydrogen-bond acceptors (Lipinski definition) is 2. The van der Waals surface area contributed by atoms with E-state index in [1.807, 2.05) is 0 Å². The zero-order valence-electron chi connectivity index (χ0n) is 12.0. The first-order valence-electron chi connectivity index (χ1n) is 8.12. The second kappa shape index (κ2) is 12.0. The first-order valence-corrected chi connectivity index (χ1v) is 8.12. The Morgan fingerprint density at radius 3 is 1.94 bits per heavy atom. The maximum absolute atomic E-state index is 8.65. The predicted molar refractivity (Wildman–Crippen MR) is 76.8 cm³/mol. The number of unbranched alkanes of at least 4 members (excludes halogenated alkanes) is 7. The Hall–Kier alpha value is -0.0800. The molecule has 0 amide bonds. The lowest BCUT2D eigenvalue weighted by atomic mass is 10.1. The third kappa shape index (κ3) is 8.93. The normalized spacial score (nSPS) is 16.5. The van der Waals surface area contributed by atoms with Crippen molar-refractivity contribution in [3.63, 3.8) is 0 Å². The average molecular weight is 256 g/mol. The smallest absolute Gasteiger partial charge is 0.0494 e. The van der Waals surface area contributed by atoms with E-state index in [4.69, 9.17) is 9.84 Å². The Morgan fingerprint density at radius 1 is 0.778 bits per heavy atom. The van der Waals surface area contributed by atoms with Crippen LogP contribution >= 0.6 is 0 Å². The van der Waals surface area contributed by atoms with Crippen LogP contribution in [0.25, 0.3) is 0 Å². The predicted octanol–water partition coefficient (Wildman–Crippen LogP) is 4.31. The summed E-state index contributed by atoms with van der Waals surface area (Å²) in [7, 11) is 0. The number of hydrogen-bond donors (Lipinski definition) is 1. The molecule has 0 aromatic rings. The lowest BCUT2D eigenvalue weighted by molar-refractivity contribution is 0.0978. The van der Waals surface area contributed by atoms with Gasteiger partial charge in [0.2, 0.25) is 0 Å². The minimum Gasteiger partial charge on any atom is -0.396 e. The van der Waals surface area contributed by atoms with Crippen LogP contribution in [0.2, 0.25) is 0 Å². The van der Waals surface area contributed by atoms with Crippen molar-refractivity contribution in [1.82, 2.24) is 0 Å². The molecular formula is C16H32O2. The van der Waals surface area contributed by atoms with E-state index in [0.29, 0.717) is 6.61 Å². The molecule has 0 aromatic heterocycles. The second-order valence-electron chi connectivity index (χ2n) is 5.78. The van der Waals surface area contributed by atoms with Crippen molar-refractivity contribution < 1.29 is 9.84 Å². The van der Waals surface area contributed by atoms with Crippen LogP contribution in [-0.4, -0.2) is 24.9 Å². The number of aliphatic hydroxyl groups is 1. The molecule has 2 heteroatoms. The summed E-state index contributed by atoms with van der Waals surface area (Å²) < 4.78 is 5.75. The molecule has 1 fully saturated rings. The van der Waals surface area contributed by atoms with Crippen molar-refractivity contribution in [2.24, 2.45) is 5.92 Å². The van der Waals surface area contributed by atoms with Gasteiger partial charge in [-0.2, -0.15) is 0 Å². The molecule has 0 spiro atoms. The molecule has 0 atom stereocenters. The van der Waals surface area contributed by atoms with Crippen molar-refractivity contribution in [3.05, 3.63) is 0 Å². The van der Waals surface area contributed by atoms with E-state index in [2.05, 4.69) is 0 Å². The number of rotatable bonds is 12. The van der Waals surface area contributed by atoms with Crippen molar-refractivity contribution >= 4 is 0 Å². The Bertz CT molecular complexity index is 164. The fourth-order valence-electron chi connectivity index (χ4n) is 2.80. The van der Waals surface area contributed by atoms with Gasteiger partial charge in [0.15, 0.2) is 0 Å². The highest BCUT2D eigenvalue weighted by Crippen LogP contribution is 2.24. The van der Waals surface area contributed by atoms with Crippen molar-refractivity contribution in [2.75, 3.05) is 19.8 Å². The zero-order chi connectivity index (χ0) is 12.9. The van der Waals surface area contributed by atoms with Crippen LogP contribution in [0.5, 0.6) is 0 Å². The van der Waals surface area contributed by atoms with Crippen LogP contribution in [0.3, 0.4) is 0 Å². The minimum absolute atomic E-state index is 0.359. The maximum Gasteiger partial charge on any atom is 0.0494 e. The maximum atomic E-state index is 8.65. The van der Waals surface area contributed by atoms with Crippen LogP contribution < -0.4 is 0 Å². The van der Waals surface area contributed by atoms with E-state index in [-0.39, 0.29) is 0 Å². The van der Waals surface area contributed by atoms with E-state index in [9.17, 15) is 0 Å². The lowest BCUT2D eigenvalue weighted by Gasteiger charge is -2.09. The SMILES string of the molecule is OCCCCCCCCCCOCC1CCCC1. The quantitative estimate of drug-likeness (QED) is 0.527. The summed E-state index contributed by atoms with van der Waals surface area (Å²) in [6.07, 6.45) is 15.7. The first-order chi connectivity index (χ1) is 8.93. The summed E-state index contributed by atoms with van der Waals surface area (Å²) >= 11 is 0. The Balaban J connectivity index is 1.68. The molecule has 0 heterocycles. The van der Waals surface area contributed by atoms with E-state index >= 15 is 0 Å². The van der Waals surface area contributed by atoms with Gasteiger partial charge in [0, 0.05) is 19.8 Å². The van der Waals surface area contributed by atoms with Gasteiger partial charge in [-0.25, -0.2) is 0 Å². The fraction of sp³-hybridized carbons (Fsp3) is 1.00. The molecule has 0 aromatic carbocycles. The fourth-order valence-corrected chi connectivity index (χ4v) is 2.80. The van der Waals surface area contributed by atoms with Gasteiger partial charge in [0.25, 0.3) is 0 Å². The molecule has 0 unspecified atom stereocenters. The van der Waals surface area contributed by atoms with E-state index < -0.39 is 0 Å². The Morgan fingerprint density at radius 2 is 1.33 bits per heavy atom. The molecule has 0 radical (unpaired) electrons. The van der Waals surface area contributed by atoms with Crippen molar-refractivity contribution in [3.8, 4) is 0 Å². The molecule has 1 saturated carbocycles.